The molecule has 1 N–H and O–H groups in total. The lowest BCUT2D eigenvalue weighted by Crippen LogP contribution is -2.07. The molecule has 94 valence electrons. The van der Waals surface area contributed by atoms with Crippen LogP contribution < -0.4 is 0 Å². The first-order valence-electron chi connectivity index (χ1n) is 5.61. The zero-order valence-corrected chi connectivity index (χ0v) is 11.5. The number of carboxylic acid groups (broad SMARTS) is 1. The predicted molar refractivity (Wildman–Crippen MR) is 74.6 cm³/mol. The molecule has 1 heterocycles. The second kappa shape index (κ2) is 5.55. The van der Waals surface area contributed by atoms with Gasteiger partial charge in [-0.1, -0.05) is 29.8 Å². The highest BCUT2D eigenvalue weighted by Gasteiger charge is 2.15. The van der Waals surface area contributed by atoms with Gasteiger partial charge in [0.15, 0.2) is 0 Å². The number of carbonyl (C=O) groups is 1. The summed E-state index contributed by atoms with van der Waals surface area (Å²) in [6.45, 7) is 1.66. The molecule has 4 heteroatoms. The number of hydrogen-bond acceptors (Lipinski definition) is 2. The van der Waals surface area contributed by atoms with E-state index in [1.54, 1.807) is 24.3 Å². The van der Waals surface area contributed by atoms with Crippen LogP contribution >= 0.6 is 22.9 Å². The molecule has 0 saturated heterocycles. The van der Waals surface area contributed by atoms with E-state index >= 15 is 0 Å². The molecule has 0 amide bonds. The summed E-state index contributed by atoms with van der Waals surface area (Å²) < 4.78 is 0. The molecule has 2 rings (SSSR count). The van der Waals surface area contributed by atoms with Gasteiger partial charge >= 0.3 is 5.97 Å². The Morgan fingerprint density at radius 2 is 2.22 bits per heavy atom. The van der Waals surface area contributed by atoms with Gasteiger partial charge in [-0.3, -0.25) is 4.79 Å². The minimum atomic E-state index is -0.836. The van der Waals surface area contributed by atoms with E-state index in [1.165, 1.54) is 4.88 Å². The molecule has 2 aromatic rings. The Morgan fingerprint density at radius 3 is 2.78 bits per heavy atom. The van der Waals surface area contributed by atoms with Gasteiger partial charge in [0.2, 0.25) is 0 Å². The molecule has 18 heavy (non-hydrogen) atoms. The van der Waals surface area contributed by atoms with E-state index in [0.29, 0.717) is 5.02 Å². The van der Waals surface area contributed by atoms with Crippen LogP contribution in [0.4, 0.5) is 0 Å². The van der Waals surface area contributed by atoms with E-state index in [4.69, 9.17) is 16.7 Å². The van der Waals surface area contributed by atoms with Crippen molar-refractivity contribution in [1.82, 2.24) is 0 Å². The molecule has 0 aliphatic carbocycles. The van der Waals surface area contributed by atoms with Gasteiger partial charge in [0.25, 0.3) is 0 Å². The quantitative estimate of drug-likeness (QED) is 0.912. The van der Waals surface area contributed by atoms with Crippen LogP contribution in [0.1, 0.15) is 28.8 Å². The van der Waals surface area contributed by atoms with Crippen molar-refractivity contribution in [3.63, 3.8) is 0 Å². The smallest absolute Gasteiger partial charge is 0.310 e. The van der Waals surface area contributed by atoms with Gasteiger partial charge in [0, 0.05) is 16.3 Å². The molecular weight excluding hydrogens is 268 g/mol. The standard InChI is InChI=1S/C14H13ClO2S/c1-9(14(16)17)10-4-5-11(13(15)8-10)7-12-3-2-6-18-12/h2-6,8-9H,7H2,1H3,(H,16,17). The monoisotopic (exact) mass is 280 g/mol. The maximum absolute atomic E-state index is 10.9. The fraction of sp³-hybridized carbons (Fsp3) is 0.214. The summed E-state index contributed by atoms with van der Waals surface area (Å²) in [5, 5.41) is 11.6. The number of rotatable bonds is 4. The minimum Gasteiger partial charge on any atom is -0.481 e. The van der Waals surface area contributed by atoms with Crippen molar-refractivity contribution >= 4 is 28.9 Å². The highest BCUT2D eigenvalue weighted by Crippen LogP contribution is 2.26. The predicted octanol–water partition coefficient (Wildman–Crippen LogP) is 4.18. The molecule has 1 aromatic carbocycles. The first-order valence-corrected chi connectivity index (χ1v) is 6.87. The van der Waals surface area contributed by atoms with Crippen molar-refractivity contribution < 1.29 is 9.90 Å². The molecule has 0 bridgehead atoms. The zero-order valence-electron chi connectivity index (χ0n) is 9.89. The molecule has 1 unspecified atom stereocenters. The Kier molecular flexibility index (Phi) is 4.04. The van der Waals surface area contributed by atoms with Gasteiger partial charge in [-0.2, -0.15) is 0 Å². The first-order chi connectivity index (χ1) is 8.58. The molecule has 0 saturated carbocycles. The summed E-state index contributed by atoms with van der Waals surface area (Å²) in [5.74, 6) is -1.37. The minimum absolute atomic E-state index is 0.529. The Hall–Kier alpha value is -1.32. The number of halogens is 1. The normalized spacial score (nSPS) is 12.3. The van der Waals surface area contributed by atoms with E-state index in [2.05, 4.69) is 6.07 Å². The molecule has 0 fully saturated rings. The summed E-state index contributed by atoms with van der Waals surface area (Å²) in [6.07, 6.45) is 0.790. The number of thiophene rings is 1. The van der Waals surface area contributed by atoms with Crippen molar-refractivity contribution in [3.8, 4) is 0 Å². The zero-order chi connectivity index (χ0) is 13.1. The lowest BCUT2D eigenvalue weighted by Gasteiger charge is -2.09. The third-order valence-corrected chi connectivity index (χ3v) is 4.12. The summed E-state index contributed by atoms with van der Waals surface area (Å²) in [4.78, 5) is 12.2. The fourth-order valence-corrected chi connectivity index (χ4v) is 2.70. The van der Waals surface area contributed by atoms with Crippen LogP contribution in [-0.4, -0.2) is 11.1 Å². The number of carboxylic acids is 1. The molecule has 0 radical (unpaired) electrons. The summed E-state index contributed by atoms with van der Waals surface area (Å²) in [7, 11) is 0. The molecule has 0 spiro atoms. The van der Waals surface area contributed by atoms with Gasteiger partial charge < -0.3 is 5.11 Å². The highest BCUT2D eigenvalue weighted by atomic mass is 35.5. The van der Waals surface area contributed by atoms with Crippen molar-refractivity contribution in [2.45, 2.75) is 19.3 Å². The Labute approximate surface area is 115 Å². The fourth-order valence-electron chi connectivity index (χ4n) is 1.72. The van der Waals surface area contributed by atoms with Crippen LogP contribution in [0.3, 0.4) is 0 Å². The van der Waals surface area contributed by atoms with Crippen molar-refractivity contribution in [1.29, 1.82) is 0 Å². The number of aliphatic carboxylic acids is 1. The van der Waals surface area contributed by atoms with Crippen molar-refractivity contribution in [3.05, 3.63) is 56.7 Å². The van der Waals surface area contributed by atoms with Gasteiger partial charge in [-0.15, -0.1) is 11.3 Å². The lowest BCUT2D eigenvalue weighted by molar-refractivity contribution is -0.138. The second-order valence-electron chi connectivity index (χ2n) is 4.17. The van der Waals surface area contributed by atoms with Crippen molar-refractivity contribution in [2.75, 3.05) is 0 Å². The van der Waals surface area contributed by atoms with Gasteiger partial charge in [0.1, 0.15) is 0 Å². The maximum atomic E-state index is 10.9. The van der Waals surface area contributed by atoms with E-state index in [9.17, 15) is 4.79 Å². The Morgan fingerprint density at radius 1 is 1.44 bits per heavy atom. The average Bonchev–Trinajstić information content (AvgIpc) is 2.83. The third kappa shape index (κ3) is 2.92. The van der Waals surface area contributed by atoms with Crippen LogP contribution in [0.25, 0.3) is 0 Å². The summed E-state index contributed by atoms with van der Waals surface area (Å²) in [6, 6.07) is 9.58. The molecule has 0 aliphatic rings. The van der Waals surface area contributed by atoms with Gasteiger partial charge in [0.05, 0.1) is 5.92 Å². The third-order valence-electron chi connectivity index (χ3n) is 2.89. The van der Waals surface area contributed by atoms with E-state index < -0.39 is 11.9 Å². The highest BCUT2D eigenvalue weighted by molar-refractivity contribution is 7.09. The lowest BCUT2D eigenvalue weighted by atomic mass is 9.99. The van der Waals surface area contributed by atoms with Gasteiger partial charge in [-0.05, 0) is 35.6 Å². The van der Waals surface area contributed by atoms with Crippen LogP contribution in [0.5, 0.6) is 0 Å². The first kappa shape index (κ1) is 13.1. The topological polar surface area (TPSA) is 37.3 Å². The summed E-state index contributed by atoms with van der Waals surface area (Å²) in [5.41, 5.74) is 1.77. The van der Waals surface area contributed by atoms with Gasteiger partial charge in [-0.25, -0.2) is 0 Å². The van der Waals surface area contributed by atoms with E-state index in [0.717, 1.165) is 17.5 Å². The maximum Gasteiger partial charge on any atom is 0.310 e. The Balaban J connectivity index is 2.22. The number of hydrogen-bond donors (Lipinski definition) is 1. The largest absolute Gasteiger partial charge is 0.481 e. The molecular formula is C14H13ClO2S. The number of benzene rings is 1. The van der Waals surface area contributed by atoms with Crippen LogP contribution in [0, 0.1) is 0 Å². The van der Waals surface area contributed by atoms with E-state index in [1.807, 2.05) is 23.6 Å². The van der Waals surface area contributed by atoms with Crippen LogP contribution in [0.2, 0.25) is 5.02 Å². The average molecular weight is 281 g/mol. The second-order valence-corrected chi connectivity index (χ2v) is 5.61. The van der Waals surface area contributed by atoms with E-state index in [-0.39, 0.29) is 0 Å². The summed E-state index contributed by atoms with van der Waals surface area (Å²) >= 11 is 7.90. The Bertz CT molecular complexity index is 549. The molecule has 2 nitrogen and oxygen atoms in total. The molecule has 1 aromatic heterocycles. The molecule has 1 atom stereocenters. The van der Waals surface area contributed by atoms with Crippen LogP contribution in [-0.2, 0) is 11.2 Å². The SMILES string of the molecule is CC(C(=O)O)c1ccc(Cc2cccs2)c(Cl)c1. The molecule has 0 aliphatic heterocycles. The van der Waals surface area contributed by atoms with Crippen molar-refractivity contribution in [2.24, 2.45) is 0 Å². The van der Waals surface area contributed by atoms with Crippen LogP contribution in [0.15, 0.2) is 35.7 Å².